The Hall–Kier alpha value is -1.16. The highest BCUT2D eigenvalue weighted by Crippen LogP contribution is 2.39. The van der Waals surface area contributed by atoms with E-state index in [2.05, 4.69) is 18.7 Å². The predicted octanol–water partition coefficient (Wildman–Crippen LogP) is 3.87. The molecule has 0 atom stereocenters. The van der Waals surface area contributed by atoms with Gasteiger partial charge in [-0.25, -0.2) is 4.39 Å². The van der Waals surface area contributed by atoms with Gasteiger partial charge in [0.2, 0.25) is 0 Å². The Kier molecular flexibility index (Phi) is 4.63. The lowest BCUT2D eigenvalue weighted by atomic mass is 9.74. The second kappa shape index (κ2) is 6.08. The molecule has 1 heterocycles. The lowest BCUT2D eigenvalue weighted by molar-refractivity contribution is 0.199. The first-order valence-corrected chi connectivity index (χ1v) is 7.76. The maximum Gasteiger partial charge on any atom is 0.124 e. The van der Waals surface area contributed by atoms with Gasteiger partial charge < -0.3 is 10.6 Å². The Bertz CT molecular complexity index is 487. The summed E-state index contributed by atoms with van der Waals surface area (Å²) in [5.41, 5.74) is 7.83. The molecule has 0 aliphatic carbocycles. The molecule has 0 unspecified atom stereocenters. The summed E-state index contributed by atoms with van der Waals surface area (Å²) in [6.07, 6.45) is 4.80. The van der Waals surface area contributed by atoms with Gasteiger partial charge in [0, 0.05) is 24.3 Å². The largest absolute Gasteiger partial charge is 0.389 e. The zero-order valence-corrected chi connectivity index (χ0v) is 13.1. The van der Waals surface area contributed by atoms with Crippen molar-refractivity contribution in [2.75, 3.05) is 18.0 Å². The van der Waals surface area contributed by atoms with Gasteiger partial charge in [0.05, 0.1) is 0 Å². The fourth-order valence-electron chi connectivity index (χ4n) is 3.16. The van der Waals surface area contributed by atoms with E-state index in [1.54, 1.807) is 6.07 Å². The van der Waals surface area contributed by atoms with Crippen LogP contribution in [0.4, 0.5) is 10.1 Å². The highest BCUT2D eigenvalue weighted by Gasteiger charge is 2.31. The highest BCUT2D eigenvalue weighted by atomic mass is 32.1. The van der Waals surface area contributed by atoms with Crippen LogP contribution in [0.3, 0.4) is 0 Å². The Morgan fingerprint density at radius 3 is 2.40 bits per heavy atom. The van der Waals surface area contributed by atoms with E-state index in [1.807, 2.05) is 0 Å². The third kappa shape index (κ3) is 2.95. The van der Waals surface area contributed by atoms with Gasteiger partial charge in [-0.3, -0.25) is 0 Å². The minimum Gasteiger partial charge on any atom is -0.389 e. The summed E-state index contributed by atoms with van der Waals surface area (Å²) in [5.74, 6) is -0.287. The van der Waals surface area contributed by atoms with Gasteiger partial charge in [-0.15, -0.1) is 0 Å². The summed E-state index contributed by atoms with van der Waals surface area (Å²) in [4.78, 5) is 2.56. The van der Waals surface area contributed by atoms with Crippen LogP contribution in [-0.4, -0.2) is 18.1 Å². The molecule has 110 valence electrons. The molecule has 1 aliphatic rings. The summed E-state index contributed by atoms with van der Waals surface area (Å²) in [6.45, 7) is 6.53. The van der Waals surface area contributed by atoms with Crippen LogP contribution in [0, 0.1) is 11.2 Å². The normalized spacial score (nSPS) is 18.1. The van der Waals surface area contributed by atoms with Crippen LogP contribution in [0.15, 0.2) is 18.2 Å². The molecule has 0 bridgehead atoms. The van der Waals surface area contributed by atoms with Crippen molar-refractivity contribution in [3.05, 3.63) is 29.6 Å². The molecule has 0 amide bonds. The van der Waals surface area contributed by atoms with Gasteiger partial charge in [0.15, 0.2) is 0 Å². The van der Waals surface area contributed by atoms with E-state index in [4.69, 9.17) is 18.0 Å². The number of nitrogens with two attached hydrogens (primary N) is 1. The molecule has 1 aliphatic heterocycles. The first-order valence-electron chi connectivity index (χ1n) is 7.35. The van der Waals surface area contributed by atoms with Gasteiger partial charge >= 0.3 is 0 Å². The molecule has 4 heteroatoms. The fraction of sp³-hybridized carbons (Fsp3) is 0.562. The molecular formula is C16H23FN2S. The van der Waals surface area contributed by atoms with Crippen molar-refractivity contribution < 1.29 is 4.39 Å². The quantitative estimate of drug-likeness (QED) is 0.855. The van der Waals surface area contributed by atoms with Crippen LogP contribution in [0.1, 0.15) is 45.1 Å². The molecule has 2 nitrogen and oxygen atoms in total. The minimum atomic E-state index is -0.287. The Morgan fingerprint density at radius 2 is 1.90 bits per heavy atom. The number of anilines is 1. The van der Waals surface area contributed by atoms with Crippen LogP contribution < -0.4 is 10.6 Å². The maximum atomic E-state index is 13.4. The predicted molar refractivity (Wildman–Crippen MR) is 86.7 cm³/mol. The third-order valence-electron chi connectivity index (χ3n) is 4.89. The average molecular weight is 294 g/mol. The van der Waals surface area contributed by atoms with Gasteiger partial charge in [0.25, 0.3) is 0 Å². The van der Waals surface area contributed by atoms with Crippen molar-refractivity contribution in [1.29, 1.82) is 0 Å². The second-order valence-corrected chi connectivity index (χ2v) is 6.16. The number of hydrogen-bond donors (Lipinski definition) is 1. The number of benzene rings is 1. The van der Waals surface area contributed by atoms with Crippen LogP contribution >= 0.6 is 12.2 Å². The highest BCUT2D eigenvalue weighted by molar-refractivity contribution is 7.80. The van der Waals surface area contributed by atoms with Crippen molar-refractivity contribution in [2.24, 2.45) is 11.1 Å². The summed E-state index contributed by atoms with van der Waals surface area (Å²) in [6, 6.07) is 4.73. The molecule has 2 rings (SSSR count). The zero-order chi connectivity index (χ0) is 14.8. The van der Waals surface area contributed by atoms with Crippen LogP contribution in [0.2, 0.25) is 0 Å². The van der Waals surface area contributed by atoms with E-state index < -0.39 is 0 Å². The number of rotatable bonds is 4. The van der Waals surface area contributed by atoms with E-state index in [0.717, 1.165) is 18.8 Å². The minimum absolute atomic E-state index is 0.266. The Balaban J connectivity index is 2.21. The third-order valence-corrected chi connectivity index (χ3v) is 5.11. The molecule has 1 aromatic rings. The van der Waals surface area contributed by atoms with E-state index in [1.165, 1.54) is 37.8 Å². The van der Waals surface area contributed by atoms with Crippen molar-refractivity contribution in [2.45, 2.75) is 39.5 Å². The maximum absolute atomic E-state index is 13.4. The summed E-state index contributed by atoms with van der Waals surface area (Å²) in [5, 5.41) is 0. The Labute approximate surface area is 126 Å². The molecule has 2 N–H and O–H groups in total. The smallest absolute Gasteiger partial charge is 0.124 e. The number of hydrogen-bond acceptors (Lipinski definition) is 2. The molecule has 0 radical (unpaired) electrons. The zero-order valence-electron chi connectivity index (χ0n) is 12.3. The molecule has 1 saturated heterocycles. The van der Waals surface area contributed by atoms with Crippen molar-refractivity contribution >= 4 is 22.9 Å². The van der Waals surface area contributed by atoms with E-state index in [-0.39, 0.29) is 10.8 Å². The Morgan fingerprint density at radius 1 is 1.30 bits per heavy atom. The molecule has 1 aromatic carbocycles. The van der Waals surface area contributed by atoms with E-state index in [9.17, 15) is 4.39 Å². The molecule has 0 aromatic heterocycles. The van der Waals surface area contributed by atoms with E-state index in [0.29, 0.717) is 11.0 Å². The lowest BCUT2D eigenvalue weighted by Crippen LogP contribution is -2.40. The monoisotopic (exact) mass is 294 g/mol. The second-order valence-electron chi connectivity index (χ2n) is 5.72. The number of piperidine rings is 1. The average Bonchev–Trinajstić information content (AvgIpc) is 2.47. The molecule has 20 heavy (non-hydrogen) atoms. The summed E-state index contributed by atoms with van der Waals surface area (Å²) >= 11 is 5.05. The molecule has 0 saturated carbocycles. The lowest BCUT2D eigenvalue weighted by Gasteiger charge is -2.42. The standard InChI is InChI=1S/C16H23FN2S/c1-3-16(4-2)7-9-19(10-8-16)14-6-5-12(17)11-13(14)15(18)20/h5-6,11H,3-4,7-10H2,1-2H3,(H2,18,20). The van der Waals surface area contributed by atoms with E-state index >= 15 is 0 Å². The van der Waals surface area contributed by atoms with Crippen LogP contribution in [-0.2, 0) is 0 Å². The summed E-state index contributed by atoms with van der Waals surface area (Å²) < 4.78 is 13.4. The number of thiocarbonyl (C=S) groups is 1. The van der Waals surface area contributed by atoms with Gasteiger partial charge in [-0.2, -0.15) is 0 Å². The van der Waals surface area contributed by atoms with Gasteiger partial charge in [0.1, 0.15) is 10.8 Å². The van der Waals surface area contributed by atoms with Crippen LogP contribution in [0.25, 0.3) is 0 Å². The first kappa shape index (κ1) is 15.2. The topological polar surface area (TPSA) is 29.3 Å². The molecular weight excluding hydrogens is 271 g/mol. The number of nitrogens with zero attached hydrogens (tertiary/aromatic N) is 1. The first-order chi connectivity index (χ1) is 9.51. The van der Waals surface area contributed by atoms with Crippen molar-refractivity contribution in [3.8, 4) is 0 Å². The fourth-order valence-corrected chi connectivity index (χ4v) is 3.32. The SMILES string of the molecule is CCC1(CC)CCN(c2ccc(F)cc2C(N)=S)CC1. The van der Waals surface area contributed by atoms with Crippen LogP contribution in [0.5, 0.6) is 0 Å². The van der Waals surface area contributed by atoms with Crippen molar-refractivity contribution in [3.63, 3.8) is 0 Å². The summed E-state index contributed by atoms with van der Waals surface area (Å²) in [7, 11) is 0. The van der Waals surface area contributed by atoms with Crippen molar-refractivity contribution in [1.82, 2.24) is 0 Å². The molecule has 0 spiro atoms. The molecule has 1 fully saturated rings. The number of halogens is 1. The van der Waals surface area contributed by atoms with Gasteiger partial charge in [-0.05, 0) is 36.5 Å². The van der Waals surface area contributed by atoms with Gasteiger partial charge in [-0.1, -0.05) is 38.9 Å².